The fourth-order valence-corrected chi connectivity index (χ4v) is 1.35. The second-order valence-electron chi connectivity index (χ2n) is 3.12. The second-order valence-corrected chi connectivity index (χ2v) is 3.12. The van der Waals surface area contributed by atoms with Gasteiger partial charge in [0.05, 0.1) is 5.60 Å². The van der Waals surface area contributed by atoms with Crippen LogP contribution in [0.25, 0.3) is 0 Å². The quantitative estimate of drug-likeness (QED) is 0.563. The second kappa shape index (κ2) is 2.93. The van der Waals surface area contributed by atoms with Gasteiger partial charge < -0.3 is 9.84 Å². The first kappa shape index (κ1) is 8.09. The van der Waals surface area contributed by atoms with E-state index in [-0.39, 0.29) is 18.2 Å². The topological polar surface area (TPSA) is 29.5 Å². The Bertz CT molecular complexity index is 114. The van der Waals surface area contributed by atoms with Gasteiger partial charge in [0.1, 0.15) is 7.85 Å². The SMILES string of the molecule is [B][C@H]1CC[C@](C)(CCO)O1. The molecule has 0 saturated carbocycles. The van der Waals surface area contributed by atoms with E-state index in [9.17, 15) is 0 Å². The van der Waals surface area contributed by atoms with Crippen LogP contribution in [0.1, 0.15) is 26.2 Å². The van der Waals surface area contributed by atoms with Crippen molar-refractivity contribution in [2.75, 3.05) is 6.61 Å². The Morgan fingerprint density at radius 3 is 2.90 bits per heavy atom. The van der Waals surface area contributed by atoms with Gasteiger partial charge in [-0.05, 0) is 26.2 Å². The van der Waals surface area contributed by atoms with E-state index in [2.05, 4.69) is 0 Å². The molecule has 0 amide bonds. The summed E-state index contributed by atoms with van der Waals surface area (Å²) in [4.78, 5) is 0. The standard InChI is InChI=1S/C7H13BO2/c1-7(4-5-9)3-2-6(8)10-7/h6,9H,2-5H2,1H3/t6-,7-/m1/s1. The first-order chi connectivity index (χ1) is 4.66. The van der Waals surface area contributed by atoms with Crippen molar-refractivity contribution < 1.29 is 9.84 Å². The predicted molar refractivity (Wildman–Crippen MR) is 40.0 cm³/mol. The molecule has 0 aromatic rings. The molecule has 1 saturated heterocycles. The van der Waals surface area contributed by atoms with Crippen LogP contribution in [0.15, 0.2) is 0 Å². The van der Waals surface area contributed by atoms with E-state index in [1.54, 1.807) is 0 Å². The maximum absolute atomic E-state index is 8.66. The van der Waals surface area contributed by atoms with Crippen LogP contribution >= 0.6 is 0 Å². The maximum atomic E-state index is 8.66. The Kier molecular flexibility index (Phi) is 2.37. The van der Waals surface area contributed by atoms with Crippen molar-refractivity contribution in [1.29, 1.82) is 0 Å². The Morgan fingerprint density at radius 1 is 1.80 bits per heavy atom. The molecule has 0 spiro atoms. The average Bonchev–Trinajstić information content (AvgIpc) is 2.12. The lowest BCUT2D eigenvalue weighted by atomic mass is 9.94. The molecule has 1 aliphatic rings. The van der Waals surface area contributed by atoms with Gasteiger partial charge >= 0.3 is 0 Å². The molecule has 3 heteroatoms. The van der Waals surface area contributed by atoms with Gasteiger partial charge in [-0.15, -0.1) is 0 Å². The Balaban J connectivity index is 2.38. The molecule has 2 radical (unpaired) electrons. The average molecular weight is 140 g/mol. The number of aliphatic hydroxyl groups is 1. The molecule has 10 heavy (non-hydrogen) atoms. The van der Waals surface area contributed by atoms with Crippen LogP contribution in [-0.4, -0.2) is 31.2 Å². The monoisotopic (exact) mass is 140 g/mol. The zero-order valence-corrected chi connectivity index (χ0v) is 6.34. The molecule has 0 aliphatic carbocycles. The van der Waals surface area contributed by atoms with E-state index in [0.717, 1.165) is 12.8 Å². The molecule has 2 atom stereocenters. The fourth-order valence-electron chi connectivity index (χ4n) is 1.35. The van der Waals surface area contributed by atoms with Crippen LogP contribution in [0.2, 0.25) is 0 Å². The summed E-state index contributed by atoms with van der Waals surface area (Å²) in [6, 6.07) is -0.114. The van der Waals surface area contributed by atoms with Crippen molar-refractivity contribution in [2.24, 2.45) is 0 Å². The van der Waals surface area contributed by atoms with Crippen molar-refractivity contribution in [3.05, 3.63) is 0 Å². The molecule has 1 aliphatic heterocycles. The Hall–Kier alpha value is -0.0151. The molecule has 1 heterocycles. The predicted octanol–water partition coefficient (Wildman–Crippen LogP) is 0.432. The molecule has 0 bridgehead atoms. The summed E-state index contributed by atoms with van der Waals surface area (Å²) in [6.45, 7) is 2.18. The summed E-state index contributed by atoms with van der Waals surface area (Å²) < 4.78 is 5.41. The number of rotatable bonds is 2. The van der Waals surface area contributed by atoms with Crippen LogP contribution in [0.3, 0.4) is 0 Å². The third-order valence-electron chi connectivity index (χ3n) is 2.03. The minimum Gasteiger partial charge on any atom is -0.396 e. The molecule has 0 unspecified atom stereocenters. The summed E-state index contributed by atoms with van der Waals surface area (Å²) >= 11 is 0. The van der Waals surface area contributed by atoms with Crippen LogP contribution in [0, 0.1) is 0 Å². The highest BCUT2D eigenvalue weighted by Crippen LogP contribution is 2.30. The lowest BCUT2D eigenvalue weighted by molar-refractivity contribution is -0.0136. The lowest BCUT2D eigenvalue weighted by Crippen LogP contribution is -2.26. The summed E-state index contributed by atoms with van der Waals surface area (Å²) in [5.74, 6) is 0. The van der Waals surface area contributed by atoms with E-state index in [0.29, 0.717) is 6.42 Å². The van der Waals surface area contributed by atoms with Crippen LogP contribution in [0.4, 0.5) is 0 Å². The minimum absolute atomic E-state index is 0.114. The normalized spacial score (nSPS) is 40.4. The van der Waals surface area contributed by atoms with Crippen molar-refractivity contribution in [1.82, 2.24) is 0 Å². The summed E-state index contributed by atoms with van der Waals surface area (Å²) in [5, 5.41) is 8.66. The smallest absolute Gasteiger partial charge is 0.109 e. The van der Waals surface area contributed by atoms with Gasteiger partial charge in [0.2, 0.25) is 0 Å². The van der Waals surface area contributed by atoms with Crippen LogP contribution < -0.4 is 0 Å². The summed E-state index contributed by atoms with van der Waals surface area (Å²) in [7, 11) is 5.54. The van der Waals surface area contributed by atoms with Gasteiger partial charge in [-0.2, -0.15) is 0 Å². The third kappa shape index (κ3) is 1.73. The molecule has 0 aromatic carbocycles. The van der Waals surface area contributed by atoms with E-state index in [1.165, 1.54) is 0 Å². The molecule has 0 aromatic heterocycles. The van der Waals surface area contributed by atoms with Gasteiger partial charge in [0.25, 0.3) is 0 Å². The van der Waals surface area contributed by atoms with Crippen molar-refractivity contribution >= 4 is 7.85 Å². The zero-order chi connectivity index (χ0) is 7.61. The molecule has 1 N–H and O–H groups in total. The molecule has 2 nitrogen and oxygen atoms in total. The molecule has 1 rings (SSSR count). The van der Waals surface area contributed by atoms with Gasteiger partial charge in [0, 0.05) is 12.6 Å². The highest BCUT2D eigenvalue weighted by molar-refractivity contribution is 6.11. The van der Waals surface area contributed by atoms with E-state index in [1.807, 2.05) is 6.92 Å². The van der Waals surface area contributed by atoms with Crippen LogP contribution in [0.5, 0.6) is 0 Å². The van der Waals surface area contributed by atoms with E-state index in [4.69, 9.17) is 17.7 Å². The Labute approximate surface area is 63.0 Å². The number of aliphatic hydroxyl groups excluding tert-OH is 1. The van der Waals surface area contributed by atoms with Gasteiger partial charge in [0.15, 0.2) is 0 Å². The van der Waals surface area contributed by atoms with E-state index < -0.39 is 0 Å². The largest absolute Gasteiger partial charge is 0.396 e. The highest BCUT2D eigenvalue weighted by Gasteiger charge is 2.32. The lowest BCUT2D eigenvalue weighted by Gasteiger charge is -2.22. The van der Waals surface area contributed by atoms with E-state index >= 15 is 0 Å². The number of hydrogen-bond donors (Lipinski definition) is 1. The third-order valence-corrected chi connectivity index (χ3v) is 2.03. The van der Waals surface area contributed by atoms with Crippen molar-refractivity contribution in [3.63, 3.8) is 0 Å². The van der Waals surface area contributed by atoms with Crippen LogP contribution in [-0.2, 0) is 4.74 Å². The van der Waals surface area contributed by atoms with Gasteiger partial charge in [-0.1, -0.05) is 0 Å². The minimum atomic E-state index is -0.159. The summed E-state index contributed by atoms with van der Waals surface area (Å²) in [6.07, 6.45) is 2.58. The molecular formula is C7H13BO2. The van der Waals surface area contributed by atoms with Gasteiger partial charge in [-0.25, -0.2) is 0 Å². The molecule has 1 fully saturated rings. The Morgan fingerprint density at radius 2 is 2.50 bits per heavy atom. The first-order valence-electron chi connectivity index (χ1n) is 3.70. The summed E-state index contributed by atoms with van der Waals surface area (Å²) in [5.41, 5.74) is -0.159. The number of ether oxygens (including phenoxy) is 1. The fraction of sp³-hybridized carbons (Fsp3) is 1.00. The zero-order valence-electron chi connectivity index (χ0n) is 6.34. The van der Waals surface area contributed by atoms with Gasteiger partial charge in [-0.3, -0.25) is 0 Å². The van der Waals surface area contributed by atoms with Crippen molar-refractivity contribution in [2.45, 2.75) is 37.8 Å². The maximum Gasteiger partial charge on any atom is 0.109 e. The highest BCUT2D eigenvalue weighted by atomic mass is 16.5. The molecular weight excluding hydrogens is 127 g/mol. The first-order valence-corrected chi connectivity index (χ1v) is 3.70. The van der Waals surface area contributed by atoms with Crippen molar-refractivity contribution in [3.8, 4) is 0 Å². The molecule has 56 valence electrons. The number of hydrogen-bond acceptors (Lipinski definition) is 2.